The molecule has 0 unspecified atom stereocenters. The van der Waals surface area contributed by atoms with Crippen LogP contribution in [-0.2, 0) is 0 Å². The lowest BCUT2D eigenvalue weighted by Gasteiger charge is -2.07. The number of pyridine rings is 1. The molecule has 0 spiro atoms. The minimum atomic E-state index is 0.662. The third-order valence-electron chi connectivity index (χ3n) is 3.57. The molecule has 2 heterocycles. The van der Waals surface area contributed by atoms with Crippen LogP contribution < -0.4 is 5.32 Å². The highest BCUT2D eigenvalue weighted by Crippen LogP contribution is 2.28. The van der Waals surface area contributed by atoms with Gasteiger partial charge in [-0.1, -0.05) is 23.2 Å². The van der Waals surface area contributed by atoms with Crippen molar-refractivity contribution in [3.8, 4) is 0 Å². The van der Waals surface area contributed by atoms with Crippen molar-refractivity contribution in [2.45, 2.75) is 0 Å². The van der Waals surface area contributed by atoms with Crippen LogP contribution in [0.4, 0.5) is 17.2 Å². The molecule has 1 N–H and O–H groups in total. The lowest BCUT2D eigenvalue weighted by atomic mass is 10.3. The second kappa shape index (κ2) is 7.41. The predicted octanol–water partition coefficient (Wildman–Crippen LogP) is 6.49. The number of anilines is 2. The molecule has 26 heavy (non-hydrogen) atoms. The Bertz CT molecular complexity index is 1090. The molecule has 0 saturated carbocycles. The summed E-state index contributed by atoms with van der Waals surface area (Å²) in [4.78, 5) is 13.5. The van der Waals surface area contributed by atoms with Crippen molar-refractivity contribution < 1.29 is 0 Å². The minimum Gasteiger partial charge on any atom is -0.338 e. The van der Waals surface area contributed by atoms with Crippen molar-refractivity contribution >= 4 is 68.2 Å². The van der Waals surface area contributed by atoms with E-state index in [1.54, 1.807) is 23.7 Å². The Hall–Kier alpha value is -2.47. The Labute approximate surface area is 164 Å². The normalized spacial score (nSPS) is 11.3. The van der Waals surface area contributed by atoms with Crippen LogP contribution in [0.5, 0.6) is 0 Å². The fraction of sp³-hybridized carbons (Fsp3) is 0. The van der Waals surface area contributed by atoms with Crippen molar-refractivity contribution in [3.63, 3.8) is 0 Å². The quantitative estimate of drug-likeness (QED) is 0.399. The SMILES string of the molecule is Clc1ccc(Nc2ncccc2N=Cc2nc3ccc(Cl)cc3s2)cc1. The molecule has 7 heteroatoms. The van der Waals surface area contributed by atoms with Crippen molar-refractivity contribution in [3.05, 3.63) is 75.8 Å². The highest BCUT2D eigenvalue weighted by Gasteiger charge is 2.05. The van der Waals surface area contributed by atoms with E-state index in [9.17, 15) is 0 Å². The molecule has 2 aromatic heterocycles. The molecule has 0 aliphatic carbocycles. The molecule has 4 aromatic rings. The summed E-state index contributed by atoms with van der Waals surface area (Å²) >= 11 is 13.5. The zero-order valence-corrected chi connectivity index (χ0v) is 15.7. The van der Waals surface area contributed by atoms with Crippen LogP contribution in [0.2, 0.25) is 10.0 Å². The molecule has 128 valence electrons. The highest BCUT2D eigenvalue weighted by molar-refractivity contribution is 7.20. The summed E-state index contributed by atoms with van der Waals surface area (Å²) in [7, 11) is 0. The molecule has 4 nitrogen and oxygen atoms in total. The summed E-state index contributed by atoms with van der Waals surface area (Å²) in [6.07, 6.45) is 3.46. The van der Waals surface area contributed by atoms with Gasteiger partial charge in [0.25, 0.3) is 0 Å². The Kier molecular flexibility index (Phi) is 4.84. The summed E-state index contributed by atoms with van der Waals surface area (Å²) in [5, 5.41) is 5.45. The lowest BCUT2D eigenvalue weighted by molar-refractivity contribution is 1.29. The number of halogens is 2. The molecule has 0 atom stereocenters. The largest absolute Gasteiger partial charge is 0.338 e. The standard InChI is InChI=1S/C19H12Cl2N4S/c20-12-3-6-14(7-4-12)24-19-16(2-1-9-22-19)23-11-18-25-15-8-5-13(21)10-17(15)26-18/h1-11H,(H,22,24). The van der Waals surface area contributed by atoms with E-state index in [2.05, 4.69) is 20.3 Å². The van der Waals surface area contributed by atoms with E-state index in [0.717, 1.165) is 26.6 Å². The maximum Gasteiger partial charge on any atom is 0.156 e. The first-order chi connectivity index (χ1) is 12.7. The number of hydrogen-bond donors (Lipinski definition) is 1. The second-order valence-corrected chi connectivity index (χ2v) is 7.36. The molecule has 0 radical (unpaired) electrons. The molecule has 0 saturated heterocycles. The van der Waals surface area contributed by atoms with Gasteiger partial charge < -0.3 is 5.32 Å². The third-order valence-corrected chi connectivity index (χ3v) is 5.01. The first kappa shape index (κ1) is 17.0. The van der Waals surface area contributed by atoms with Gasteiger partial charge in [0.2, 0.25) is 0 Å². The number of thiazole rings is 1. The smallest absolute Gasteiger partial charge is 0.156 e. The van der Waals surface area contributed by atoms with Gasteiger partial charge in [0.15, 0.2) is 5.82 Å². The van der Waals surface area contributed by atoms with Gasteiger partial charge in [0.05, 0.1) is 16.4 Å². The Morgan fingerprint density at radius 2 is 1.81 bits per heavy atom. The maximum atomic E-state index is 6.03. The van der Waals surface area contributed by atoms with Crippen LogP contribution in [0.15, 0.2) is 65.8 Å². The number of aliphatic imine (C=N–C) groups is 1. The lowest BCUT2D eigenvalue weighted by Crippen LogP contribution is -1.93. The Morgan fingerprint density at radius 3 is 2.65 bits per heavy atom. The number of nitrogens with one attached hydrogen (secondary N) is 1. The first-order valence-electron chi connectivity index (χ1n) is 7.75. The molecular weight excluding hydrogens is 387 g/mol. The van der Waals surface area contributed by atoms with E-state index in [1.807, 2.05) is 54.6 Å². The number of hydrogen-bond acceptors (Lipinski definition) is 5. The highest BCUT2D eigenvalue weighted by atomic mass is 35.5. The number of nitrogens with zero attached hydrogens (tertiary/aromatic N) is 3. The van der Waals surface area contributed by atoms with Crippen LogP contribution in [0.3, 0.4) is 0 Å². The van der Waals surface area contributed by atoms with Crippen molar-refractivity contribution in [2.24, 2.45) is 4.99 Å². The van der Waals surface area contributed by atoms with Gasteiger partial charge in [-0.3, -0.25) is 0 Å². The average molecular weight is 399 g/mol. The monoisotopic (exact) mass is 398 g/mol. The molecule has 0 amide bonds. The van der Waals surface area contributed by atoms with E-state index in [0.29, 0.717) is 15.9 Å². The van der Waals surface area contributed by atoms with Gasteiger partial charge in [-0.15, -0.1) is 11.3 Å². The fourth-order valence-corrected chi connectivity index (χ4v) is 3.61. The number of aromatic nitrogens is 2. The van der Waals surface area contributed by atoms with Gasteiger partial charge in [-0.2, -0.15) is 0 Å². The van der Waals surface area contributed by atoms with Gasteiger partial charge in [-0.05, 0) is 54.6 Å². The van der Waals surface area contributed by atoms with Crippen LogP contribution in [0.25, 0.3) is 10.2 Å². The predicted molar refractivity (Wildman–Crippen MR) is 111 cm³/mol. The zero-order valence-electron chi connectivity index (χ0n) is 13.4. The first-order valence-corrected chi connectivity index (χ1v) is 9.32. The number of rotatable bonds is 4. The number of benzene rings is 2. The third kappa shape index (κ3) is 3.85. The Morgan fingerprint density at radius 1 is 1.00 bits per heavy atom. The second-order valence-electron chi connectivity index (χ2n) is 5.43. The molecule has 4 rings (SSSR count). The van der Waals surface area contributed by atoms with Crippen LogP contribution in [-0.4, -0.2) is 16.2 Å². The minimum absolute atomic E-state index is 0.662. The Balaban J connectivity index is 1.60. The molecule has 0 aliphatic heterocycles. The summed E-state index contributed by atoms with van der Waals surface area (Å²) in [6, 6.07) is 16.8. The van der Waals surface area contributed by atoms with Crippen molar-refractivity contribution in [1.29, 1.82) is 0 Å². The zero-order chi connectivity index (χ0) is 17.9. The summed E-state index contributed by atoms with van der Waals surface area (Å²) < 4.78 is 1.03. The summed E-state index contributed by atoms with van der Waals surface area (Å²) in [5.74, 6) is 0.662. The average Bonchev–Trinajstić information content (AvgIpc) is 3.05. The van der Waals surface area contributed by atoms with E-state index < -0.39 is 0 Å². The summed E-state index contributed by atoms with van der Waals surface area (Å²) in [6.45, 7) is 0. The molecular formula is C19H12Cl2N4S. The summed E-state index contributed by atoms with van der Waals surface area (Å²) in [5.41, 5.74) is 2.52. The topological polar surface area (TPSA) is 50.2 Å². The van der Waals surface area contributed by atoms with Gasteiger partial charge in [-0.25, -0.2) is 15.0 Å². The van der Waals surface area contributed by atoms with Gasteiger partial charge >= 0.3 is 0 Å². The van der Waals surface area contributed by atoms with E-state index >= 15 is 0 Å². The molecule has 0 aliphatic rings. The van der Waals surface area contributed by atoms with E-state index in [4.69, 9.17) is 23.2 Å². The van der Waals surface area contributed by atoms with Crippen molar-refractivity contribution in [1.82, 2.24) is 9.97 Å². The van der Waals surface area contributed by atoms with Crippen LogP contribution >= 0.6 is 34.5 Å². The van der Waals surface area contributed by atoms with Crippen LogP contribution in [0, 0.1) is 0 Å². The van der Waals surface area contributed by atoms with Crippen molar-refractivity contribution in [2.75, 3.05) is 5.32 Å². The fourth-order valence-electron chi connectivity index (χ4n) is 2.36. The van der Waals surface area contributed by atoms with Gasteiger partial charge in [0.1, 0.15) is 10.7 Å². The van der Waals surface area contributed by atoms with E-state index in [-0.39, 0.29) is 0 Å². The molecule has 0 fully saturated rings. The van der Waals surface area contributed by atoms with Crippen LogP contribution in [0.1, 0.15) is 5.01 Å². The van der Waals surface area contributed by atoms with Gasteiger partial charge in [0, 0.05) is 21.9 Å². The number of fused-ring (bicyclic) bond motifs is 1. The maximum absolute atomic E-state index is 6.03. The van der Waals surface area contributed by atoms with E-state index in [1.165, 1.54) is 0 Å². The molecule has 2 aromatic carbocycles. The molecule has 0 bridgehead atoms.